The molecule has 3 rings (SSSR count). The van der Waals surface area contributed by atoms with Gasteiger partial charge in [0, 0.05) is 26.2 Å². The first kappa shape index (κ1) is 18.1. The molecular weight excluding hydrogens is 362 g/mol. The van der Waals surface area contributed by atoms with Crippen LogP contribution in [0, 0.1) is 23.0 Å². The zero-order valence-corrected chi connectivity index (χ0v) is 14.5. The highest BCUT2D eigenvalue weighted by Crippen LogP contribution is 2.29. The minimum absolute atomic E-state index is 0.0178. The third-order valence-electron chi connectivity index (χ3n) is 4.25. The molecule has 0 atom stereocenters. The Balaban J connectivity index is 1.83. The number of nitriles is 1. The number of piperazine rings is 1. The highest BCUT2D eigenvalue weighted by molar-refractivity contribution is 7.89. The van der Waals surface area contributed by atoms with Crippen LogP contribution in [-0.2, 0) is 10.0 Å². The minimum atomic E-state index is -3.88. The second-order valence-electron chi connectivity index (χ2n) is 5.89. The highest BCUT2D eigenvalue weighted by atomic mass is 32.2. The van der Waals surface area contributed by atoms with Crippen LogP contribution in [0.1, 0.15) is 5.56 Å². The number of para-hydroxylation sites is 1. The average Bonchev–Trinajstić information content (AvgIpc) is 2.61. The molecule has 9 heteroatoms. The quantitative estimate of drug-likeness (QED) is 0.880. The SMILES string of the molecule is N#Cc1cc(F)c(N2CCN(c3ccccc3S(N)(=O)=O)CC2)c(F)c1. The van der Waals surface area contributed by atoms with Crippen LogP contribution in [0.2, 0.25) is 0 Å². The minimum Gasteiger partial charge on any atom is -0.367 e. The van der Waals surface area contributed by atoms with E-state index in [1.807, 2.05) is 4.90 Å². The van der Waals surface area contributed by atoms with Crippen LogP contribution < -0.4 is 14.9 Å². The maximum atomic E-state index is 14.2. The molecule has 6 nitrogen and oxygen atoms in total. The van der Waals surface area contributed by atoms with Crippen LogP contribution >= 0.6 is 0 Å². The van der Waals surface area contributed by atoms with E-state index in [0.717, 1.165) is 12.1 Å². The van der Waals surface area contributed by atoms with Crippen molar-refractivity contribution in [2.24, 2.45) is 5.14 Å². The third-order valence-corrected chi connectivity index (χ3v) is 5.21. The number of halogens is 2. The Kier molecular flexibility index (Phi) is 4.80. The molecule has 0 radical (unpaired) electrons. The monoisotopic (exact) mass is 378 g/mol. The predicted octanol–water partition coefficient (Wildman–Crippen LogP) is 1.81. The van der Waals surface area contributed by atoms with Crippen molar-refractivity contribution in [3.8, 4) is 6.07 Å². The van der Waals surface area contributed by atoms with Crippen LogP contribution in [0.4, 0.5) is 20.2 Å². The van der Waals surface area contributed by atoms with Crippen molar-refractivity contribution in [2.45, 2.75) is 4.90 Å². The third kappa shape index (κ3) is 3.47. The molecule has 0 amide bonds. The van der Waals surface area contributed by atoms with E-state index in [-0.39, 0.29) is 16.1 Å². The van der Waals surface area contributed by atoms with Crippen molar-refractivity contribution < 1.29 is 17.2 Å². The summed E-state index contributed by atoms with van der Waals surface area (Å²) in [5.74, 6) is -1.58. The fourth-order valence-corrected chi connectivity index (χ4v) is 3.82. The maximum Gasteiger partial charge on any atom is 0.240 e. The summed E-state index contributed by atoms with van der Waals surface area (Å²) in [7, 11) is -3.88. The molecular formula is C17H16F2N4O2S. The van der Waals surface area contributed by atoms with Gasteiger partial charge in [0.05, 0.1) is 17.3 Å². The Hall–Kier alpha value is -2.70. The second kappa shape index (κ2) is 6.90. The predicted molar refractivity (Wildman–Crippen MR) is 93.3 cm³/mol. The fourth-order valence-electron chi connectivity index (χ4n) is 3.06. The number of sulfonamides is 1. The number of hydrogen-bond acceptors (Lipinski definition) is 5. The zero-order chi connectivity index (χ0) is 18.9. The van der Waals surface area contributed by atoms with Crippen molar-refractivity contribution in [2.75, 3.05) is 36.0 Å². The first-order valence-electron chi connectivity index (χ1n) is 7.82. The molecule has 0 saturated carbocycles. The summed E-state index contributed by atoms with van der Waals surface area (Å²) in [6.07, 6.45) is 0. The molecule has 0 bridgehead atoms. The van der Waals surface area contributed by atoms with E-state index in [1.165, 1.54) is 6.07 Å². The van der Waals surface area contributed by atoms with Gasteiger partial charge in [-0.2, -0.15) is 5.26 Å². The van der Waals surface area contributed by atoms with E-state index >= 15 is 0 Å². The lowest BCUT2D eigenvalue weighted by atomic mass is 10.1. The molecule has 1 heterocycles. The van der Waals surface area contributed by atoms with E-state index < -0.39 is 21.7 Å². The largest absolute Gasteiger partial charge is 0.367 e. The number of hydrogen-bond donors (Lipinski definition) is 1. The summed E-state index contributed by atoms with van der Waals surface area (Å²) in [4.78, 5) is 3.38. The summed E-state index contributed by atoms with van der Waals surface area (Å²) in [5.41, 5.74) is 0.211. The van der Waals surface area contributed by atoms with E-state index in [2.05, 4.69) is 0 Å². The first-order valence-corrected chi connectivity index (χ1v) is 9.37. The molecule has 136 valence electrons. The molecule has 1 aliphatic heterocycles. The van der Waals surface area contributed by atoms with Crippen LogP contribution in [0.5, 0.6) is 0 Å². The summed E-state index contributed by atoms with van der Waals surface area (Å²) in [5, 5.41) is 14.0. The van der Waals surface area contributed by atoms with Crippen LogP contribution in [0.15, 0.2) is 41.3 Å². The molecule has 26 heavy (non-hydrogen) atoms. The Morgan fingerprint density at radius 1 is 1.00 bits per heavy atom. The van der Waals surface area contributed by atoms with Gasteiger partial charge in [-0.1, -0.05) is 12.1 Å². The number of primary sulfonamides is 1. The van der Waals surface area contributed by atoms with Crippen LogP contribution in [-0.4, -0.2) is 34.6 Å². The lowest BCUT2D eigenvalue weighted by Gasteiger charge is -2.38. The van der Waals surface area contributed by atoms with Gasteiger partial charge in [-0.3, -0.25) is 0 Å². The number of nitrogens with zero attached hydrogens (tertiary/aromatic N) is 3. The Morgan fingerprint density at radius 2 is 1.54 bits per heavy atom. The summed E-state index contributed by atoms with van der Waals surface area (Å²) < 4.78 is 51.9. The van der Waals surface area contributed by atoms with Gasteiger partial charge in [0.1, 0.15) is 10.6 Å². The lowest BCUT2D eigenvalue weighted by Crippen LogP contribution is -2.47. The van der Waals surface area contributed by atoms with Gasteiger partial charge in [0.25, 0.3) is 0 Å². The number of anilines is 2. The van der Waals surface area contributed by atoms with E-state index in [1.54, 1.807) is 29.2 Å². The molecule has 2 N–H and O–H groups in total. The van der Waals surface area contributed by atoms with Crippen molar-refractivity contribution in [1.29, 1.82) is 5.26 Å². The van der Waals surface area contributed by atoms with E-state index in [4.69, 9.17) is 10.4 Å². The van der Waals surface area contributed by atoms with Crippen molar-refractivity contribution in [1.82, 2.24) is 0 Å². The molecule has 1 aliphatic rings. The molecule has 1 fully saturated rings. The van der Waals surface area contributed by atoms with Gasteiger partial charge in [-0.05, 0) is 24.3 Å². The van der Waals surface area contributed by atoms with Gasteiger partial charge in [0.15, 0.2) is 11.6 Å². The Labute approximate surface area is 150 Å². The van der Waals surface area contributed by atoms with Gasteiger partial charge in [-0.15, -0.1) is 0 Å². The Morgan fingerprint density at radius 3 is 2.08 bits per heavy atom. The van der Waals surface area contributed by atoms with Gasteiger partial charge in [0.2, 0.25) is 10.0 Å². The average molecular weight is 378 g/mol. The van der Waals surface area contributed by atoms with Gasteiger partial charge >= 0.3 is 0 Å². The summed E-state index contributed by atoms with van der Waals surface area (Å²) in [6, 6.07) is 10.1. The smallest absolute Gasteiger partial charge is 0.240 e. The number of benzene rings is 2. The summed E-state index contributed by atoms with van der Waals surface area (Å²) in [6.45, 7) is 1.31. The molecule has 0 aliphatic carbocycles. The fraction of sp³-hybridized carbons (Fsp3) is 0.235. The first-order chi connectivity index (χ1) is 12.3. The standard InChI is InChI=1S/C17H16F2N4O2S/c18-13-9-12(11-20)10-14(19)17(13)23-7-5-22(6-8-23)15-3-1-2-4-16(15)26(21,24)25/h1-4,9-10H,5-8H2,(H2,21,24,25). The molecule has 0 unspecified atom stereocenters. The molecule has 1 saturated heterocycles. The molecule has 0 spiro atoms. The normalized spacial score (nSPS) is 15.0. The molecule has 0 aromatic heterocycles. The van der Waals surface area contributed by atoms with Crippen molar-refractivity contribution in [3.05, 3.63) is 53.6 Å². The second-order valence-corrected chi connectivity index (χ2v) is 7.42. The highest BCUT2D eigenvalue weighted by Gasteiger charge is 2.25. The zero-order valence-electron chi connectivity index (χ0n) is 13.7. The van der Waals surface area contributed by atoms with Crippen molar-refractivity contribution in [3.63, 3.8) is 0 Å². The maximum absolute atomic E-state index is 14.2. The van der Waals surface area contributed by atoms with Crippen LogP contribution in [0.25, 0.3) is 0 Å². The Bertz CT molecular complexity index is 957. The van der Waals surface area contributed by atoms with Crippen molar-refractivity contribution >= 4 is 21.4 Å². The van der Waals surface area contributed by atoms with Crippen LogP contribution in [0.3, 0.4) is 0 Å². The number of nitrogens with two attached hydrogens (primary N) is 1. The molecule has 2 aromatic rings. The lowest BCUT2D eigenvalue weighted by molar-refractivity contribution is 0.555. The topological polar surface area (TPSA) is 90.4 Å². The number of rotatable bonds is 3. The van der Waals surface area contributed by atoms with E-state index in [0.29, 0.717) is 31.9 Å². The van der Waals surface area contributed by atoms with Gasteiger partial charge in [-0.25, -0.2) is 22.3 Å². The molecule has 2 aromatic carbocycles. The van der Waals surface area contributed by atoms with E-state index in [9.17, 15) is 17.2 Å². The summed E-state index contributed by atoms with van der Waals surface area (Å²) >= 11 is 0. The van der Waals surface area contributed by atoms with Gasteiger partial charge < -0.3 is 9.80 Å².